The summed E-state index contributed by atoms with van der Waals surface area (Å²) in [7, 11) is 0. The van der Waals surface area contributed by atoms with E-state index >= 15 is 0 Å². The Morgan fingerprint density at radius 1 is 1.33 bits per heavy atom. The molecule has 1 saturated heterocycles. The lowest BCUT2D eigenvalue weighted by Crippen LogP contribution is -2.32. The Hall–Kier alpha value is -0.940. The summed E-state index contributed by atoms with van der Waals surface area (Å²) in [5.41, 5.74) is 1.23. The first-order valence-corrected chi connectivity index (χ1v) is 8.57. The summed E-state index contributed by atoms with van der Waals surface area (Å²) >= 11 is 0. The van der Waals surface area contributed by atoms with Gasteiger partial charge in [-0.15, -0.1) is 5.10 Å². The quantitative estimate of drug-likeness (QED) is 0.819. The molecule has 0 aromatic carbocycles. The van der Waals surface area contributed by atoms with Crippen molar-refractivity contribution >= 4 is 0 Å². The molecule has 1 aliphatic carbocycles. The molecule has 1 atom stereocenters. The summed E-state index contributed by atoms with van der Waals surface area (Å²) in [5.74, 6) is 0. The normalized spacial score (nSPS) is 24.7. The Bertz CT molecular complexity index is 439. The Morgan fingerprint density at radius 3 is 3.00 bits per heavy atom. The number of nitrogens with one attached hydrogen (secondary N) is 1. The summed E-state index contributed by atoms with van der Waals surface area (Å²) in [4.78, 5) is 0. The van der Waals surface area contributed by atoms with E-state index in [0.29, 0.717) is 6.10 Å². The maximum Gasteiger partial charge on any atom is 0.0964 e. The molecule has 0 radical (unpaired) electrons. The van der Waals surface area contributed by atoms with E-state index in [9.17, 15) is 0 Å². The highest BCUT2D eigenvalue weighted by Gasteiger charge is 2.40. The number of hydrogen-bond acceptors (Lipinski definition) is 4. The van der Waals surface area contributed by atoms with Crippen LogP contribution in [0.15, 0.2) is 6.20 Å². The molecule has 1 saturated carbocycles. The van der Waals surface area contributed by atoms with Crippen molar-refractivity contribution in [2.24, 2.45) is 0 Å². The van der Waals surface area contributed by atoms with Crippen molar-refractivity contribution in [2.45, 2.75) is 83.1 Å². The molecule has 5 heteroatoms. The van der Waals surface area contributed by atoms with Gasteiger partial charge >= 0.3 is 0 Å². The first-order valence-electron chi connectivity index (χ1n) is 8.57. The van der Waals surface area contributed by atoms with Gasteiger partial charge in [-0.3, -0.25) is 0 Å². The van der Waals surface area contributed by atoms with E-state index in [1.54, 1.807) is 0 Å². The van der Waals surface area contributed by atoms with Gasteiger partial charge in [-0.25, -0.2) is 4.68 Å². The Balaban J connectivity index is 1.48. The van der Waals surface area contributed by atoms with E-state index in [2.05, 4.69) is 28.7 Å². The average Bonchev–Trinajstić information content (AvgIpc) is 3.09. The second-order valence-electron chi connectivity index (χ2n) is 6.63. The summed E-state index contributed by atoms with van der Waals surface area (Å²) in [6.45, 7) is 4.86. The first kappa shape index (κ1) is 15.0. The van der Waals surface area contributed by atoms with Crippen LogP contribution in [-0.4, -0.2) is 33.2 Å². The zero-order valence-electron chi connectivity index (χ0n) is 13.2. The van der Waals surface area contributed by atoms with Crippen molar-refractivity contribution in [1.82, 2.24) is 20.3 Å². The van der Waals surface area contributed by atoms with E-state index in [1.807, 2.05) is 4.68 Å². The van der Waals surface area contributed by atoms with Crippen molar-refractivity contribution in [2.75, 3.05) is 6.54 Å². The molecule has 1 aromatic rings. The van der Waals surface area contributed by atoms with Gasteiger partial charge in [-0.2, -0.15) is 0 Å². The monoisotopic (exact) mass is 292 g/mol. The van der Waals surface area contributed by atoms with Crippen LogP contribution in [0.2, 0.25) is 0 Å². The fourth-order valence-electron chi connectivity index (χ4n) is 3.70. The third kappa shape index (κ3) is 3.83. The molecule has 0 amide bonds. The van der Waals surface area contributed by atoms with Crippen LogP contribution in [0.4, 0.5) is 0 Å². The topological polar surface area (TPSA) is 52.0 Å². The Kier molecular flexibility index (Phi) is 4.91. The highest BCUT2D eigenvalue weighted by Crippen LogP contribution is 2.42. The largest absolute Gasteiger partial charge is 0.370 e. The van der Waals surface area contributed by atoms with Gasteiger partial charge in [0.1, 0.15) is 0 Å². The smallest absolute Gasteiger partial charge is 0.0964 e. The van der Waals surface area contributed by atoms with E-state index in [-0.39, 0.29) is 5.60 Å². The summed E-state index contributed by atoms with van der Waals surface area (Å²) in [5, 5.41) is 11.8. The molecular formula is C16H28N4O. The third-order valence-electron chi connectivity index (χ3n) is 4.81. The van der Waals surface area contributed by atoms with E-state index in [1.165, 1.54) is 44.9 Å². The molecule has 1 unspecified atom stereocenters. The van der Waals surface area contributed by atoms with Gasteiger partial charge < -0.3 is 10.1 Å². The zero-order chi connectivity index (χ0) is 14.5. The third-order valence-corrected chi connectivity index (χ3v) is 4.81. The molecule has 118 valence electrons. The molecule has 3 rings (SSSR count). The SMILES string of the molecule is CCCNCc1cn(CC2CCC3(CCCCC3)O2)nn1. The standard InChI is InChI=1S/C16H28N4O/c1-2-10-17-11-14-12-20(19-18-14)13-15-6-9-16(21-15)7-4-3-5-8-16/h12,15,17H,2-11,13H2,1H3. The number of hydrogen-bond donors (Lipinski definition) is 1. The lowest BCUT2D eigenvalue weighted by atomic mass is 9.83. The minimum Gasteiger partial charge on any atom is -0.370 e. The van der Waals surface area contributed by atoms with Gasteiger partial charge in [0, 0.05) is 12.7 Å². The van der Waals surface area contributed by atoms with Crippen LogP contribution in [0.25, 0.3) is 0 Å². The molecule has 1 aliphatic heterocycles. The Morgan fingerprint density at radius 2 is 2.19 bits per heavy atom. The lowest BCUT2D eigenvalue weighted by Gasteiger charge is -2.33. The molecule has 21 heavy (non-hydrogen) atoms. The zero-order valence-corrected chi connectivity index (χ0v) is 13.2. The van der Waals surface area contributed by atoms with Gasteiger partial charge in [0.25, 0.3) is 0 Å². The van der Waals surface area contributed by atoms with Crippen LogP contribution >= 0.6 is 0 Å². The van der Waals surface area contributed by atoms with Gasteiger partial charge in [-0.1, -0.05) is 31.4 Å². The fourth-order valence-corrected chi connectivity index (χ4v) is 3.70. The molecular weight excluding hydrogens is 264 g/mol. The van der Waals surface area contributed by atoms with Gasteiger partial charge in [0.15, 0.2) is 0 Å². The minimum absolute atomic E-state index is 0.203. The molecule has 1 aromatic heterocycles. The highest BCUT2D eigenvalue weighted by atomic mass is 16.5. The van der Waals surface area contributed by atoms with Crippen LogP contribution in [0.3, 0.4) is 0 Å². The predicted octanol–water partition coefficient (Wildman–Crippen LogP) is 2.66. The maximum atomic E-state index is 6.40. The Labute approximate surface area is 127 Å². The average molecular weight is 292 g/mol. The first-order chi connectivity index (χ1) is 10.3. The number of rotatable bonds is 6. The minimum atomic E-state index is 0.203. The maximum absolute atomic E-state index is 6.40. The summed E-state index contributed by atoms with van der Waals surface area (Å²) in [6.07, 6.45) is 12.5. The molecule has 2 fully saturated rings. The summed E-state index contributed by atoms with van der Waals surface area (Å²) in [6, 6.07) is 0. The van der Waals surface area contributed by atoms with Crippen LogP contribution < -0.4 is 5.32 Å². The fraction of sp³-hybridized carbons (Fsp3) is 0.875. The predicted molar refractivity (Wildman–Crippen MR) is 81.9 cm³/mol. The van der Waals surface area contributed by atoms with Gasteiger partial charge in [-0.05, 0) is 38.6 Å². The molecule has 5 nitrogen and oxygen atoms in total. The van der Waals surface area contributed by atoms with Crippen molar-refractivity contribution in [3.8, 4) is 0 Å². The molecule has 2 aliphatic rings. The van der Waals surface area contributed by atoms with Crippen molar-refractivity contribution < 1.29 is 4.74 Å². The molecule has 0 bridgehead atoms. The second kappa shape index (κ2) is 6.88. The van der Waals surface area contributed by atoms with Crippen LogP contribution in [0.1, 0.15) is 64.0 Å². The number of nitrogens with zero attached hydrogens (tertiary/aromatic N) is 3. The van der Waals surface area contributed by atoms with Crippen LogP contribution in [-0.2, 0) is 17.8 Å². The number of ether oxygens (including phenoxy) is 1. The van der Waals surface area contributed by atoms with Crippen LogP contribution in [0, 0.1) is 0 Å². The number of aromatic nitrogens is 3. The van der Waals surface area contributed by atoms with Crippen molar-refractivity contribution in [1.29, 1.82) is 0 Å². The van der Waals surface area contributed by atoms with E-state index in [0.717, 1.165) is 31.7 Å². The van der Waals surface area contributed by atoms with Crippen molar-refractivity contribution in [3.05, 3.63) is 11.9 Å². The lowest BCUT2D eigenvalue weighted by molar-refractivity contribution is -0.0689. The van der Waals surface area contributed by atoms with Gasteiger partial charge in [0.05, 0.1) is 23.9 Å². The van der Waals surface area contributed by atoms with Gasteiger partial charge in [0.2, 0.25) is 0 Å². The van der Waals surface area contributed by atoms with E-state index < -0.39 is 0 Å². The molecule has 2 heterocycles. The molecule has 1 spiro atoms. The summed E-state index contributed by atoms with van der Waals surface area (Å²) < 4.78 is 8.35. The second-order valence-corrected chi connectivity index (χ2v) is 6.63. The van der Waals surface area contributed by atoms with Crippen molar-refractivity contribution in [3.63, 3.8) is 0 Å². The van der Waals surface area contributed by atoms with E-state index in [4.69, 9.17) is 4.74 Å². The molecule has 1 N–H and O–H groups in total. The highest BCUT2D eigenvalue weighted by molar-refractivity contribution is 4.94. The van der Waals surface area contributed by atoms with Crippen LogP contribution in [0.5, 0.6) is 0 Å².